The maximum atomic E-state index is 13.1. The minimum atomic E-state index is -0.253. The van der Waals surface area contributed by atoms with Crippen molar-refractivity contribution in [2.24, 2.45) is 5.10 Å². The van der Waals surface area contributed by atoms with E-state index in [0.717, 1.165) is 31.9 Å². The van der Waals surface area contributed by atoms with E-state index >= 15 is 0 Å². The summed E-state index contributed by atoms with van der Waals surface area (Å²) in [6.45, 7) is 1.90. The largest absolute Gasteiger partial charge is 0.264 e. The highest BCUT2D eigenvalue weighted by atomic mass is 32.1. The first-order valence-corrected chi connectivity index (χ1v) is 8.73. The van der Waals surface area contributed by atoms with Crippen LogP contribution in [0.15, 0.2) is 66.3 Å². The van der Waals surface area contributed by atoms with E-state index in [0.29, 0.717) is 5.82 Å². The fraction of sp³-hybridized carbons (Fsp3) is 0.0526. The quantitative estimate of drug-likeness (QED) is 0.421. The van der Waals surface area contributed by atoms with Gasteiger partial charge in [0.25, 0.3) is 0 Å². The van der Waals surface area contributed by atoms with E-state index in [1.54, 1.807) is 24.5 Å². The molecule has 4 aromatic rings. The number of nitrogens with one attached hydrogen (secondary N) is 1. The third-order valence-electron chi connectivity index (χ3n) is 3.85. The highest BCUT2D eigenvalue weighted by molar-refractivity contribution is 7.22. The summed E-state index contributed by atoms with van der Waals surface area (Å²) in [6.07, 6.45) is 4.98. The normalized spacial score (nSPS) is 11.7. The maximum Gasteiger partial charge on any atom is 0.167 e. The summed E-state index contributed by atoms with van der Waals surface area (Å²) < 4.78 is 14.0. The lowest BCUT2D eigenvalue weighted by Gasteiger charge is -2.03. The zero-order valence-electron chi connectivity index (χ0n) is 13.8. The number of aromatic nitrogens is 3. The molecule has 0 unspecified atom stereocenters. The molecule has 128 valence electrons. The monoisotopic (exact) mass is 363 g/mol. The Morgan fingerprint density at radius 2 is 2.00 bits per heavy atom. The molecule has 26 heavy (non-hydrogen) atoms. The Balaban J connectivity index is 1.67. The number of rotatable bonds is 4. The van der Waals surface area contributed by atoms with Crippen molar-refractivity contribution in [1.29, 1.82) is 0 Å². The van der Waals surface area contributed by atoms with E-state index < -0.39 is 0 Å². The van der Waals surface area contributed by atoms with Gasteiger partial charge in [-0.2, -0.15) is 5.10 Å². The van der Waals surface area contributed by atoms with Gasteiger partial charge in [0.1, 0.15) is 12.1 Å². The molecule has 0 bridgehead atoms. The van der Waals surface area contributed by atoms with Gasteiger partial charge in [-0.05, 0) is 36.8 Å². The van der Waals surface area contributed by atoms with Crippen LogP contribution >= 0.6 is 11.3 Å². The summed E-state index contributed by atoms with van der Waals surface area (Å²) in [4.78, 5) is 13.7. The highest BCUT2D eigenvalue weighted by Gasteiger charge is 2.10. The van der Waals surface area contributed by atoms with Gasteiger partial charge >= 0.3 is 0 Å². The Kier molecular flexibility index (Phi) is 4.37. The van der Waals surface area contributed by atoms with E-state index in [-0.39, 0.29) is 5.82 Å². The van der Waals surface area contributed by atoms with Crippen LogP contribution in [0.25, 0.3) is 20.7 Å². The van der Waals surface area contributed by atoms with Crippen molar-refractivity contribution >= 4 is 33.1 Å². The molecular weight excluding hydrogens is 349 g/mol. The number of nitrogens with zero attached hydrogens (tertiary/aromatic N) is 4. The molecule has 3 aromatic heterocycles. The van der Waals surface area contributed by atoms with Crippen molar-refractivity contribution in [3.63, 3.8) is 0 Å². The third kappa shape index (κ3) is 3.29. The summed E-state index contributed by atoms with van der Waals surface area (Å²) in [5.41, 5.74) is 6.52. The number of hydrogen-bond donors (Lipinski definition) is 1. The molecule has 0 aliphatic heterocycles. The summed E-state index contributed by atoms with van der Waals surface area (Å²) in [6, 6.07) is 12.2. The molecule has 0 radical (unpaired) electrons. The third-order valence-corrected chi connectivity index (χ3v) is 5.03. The highest BCUT2D eigenvalue weighted by Crippen LogP contribution is 2.35. The first-order chi connectivity index (χ1) is 12.7. The fourth-order valence-corrected chi connectivity index (χ4v) is 3.52. The van der Waals surface area contributed by atoms with Gasteiger partial charge in [0.15, 0.2) is 5.82 Å². The minimum Gasteiger partial charge on any atom is -0.264 e. The topological polar surface area (TPSA) is 63.1 Å². The van der Waals surface area contributed by atoms with Crippen molar-refractivity contribution in [1.82, 2.24) is 15.0 Å². The van der Waals surface area contributed by atoms with E-state index in [1.807, 2.05) is 25.1 Å². The van der Waals surface area contributed by atoms with Crippen LogP contribution in [-0.2, 0) is 0 Å². The lowest BCUT2D eigenvalue weighted by atomic mass is 10.2. The van der Waals surface area contributed by atoms with Gasteiger partial charge in [0.2, 0.25) is 0 Å². The number of pyridine rings is 1. The summed E-state index contributed by atoms with van der Waals surface area (Å²) in [5, 5.41) is 4.40. The van der Waals surface area contributed by atoms with Gasteiger partial charge in [-0.3, -0.25) is 10.4 Å². The number of anilines is 1. The van der Waals surface area contributed by atoms with Crippen LogP contribution in [0.5, 0.6) is 0 Å². The average molecular weight is 363 g/mol. The molecule has 0 aliphatic rings. The Morgan fingerprint density at radius 3 is 2.77 bits per heavy atom. The van der Waals surface area contributed by atoms with Crippen LogP contribution in [-0.4, -0.2) is 20.7 Å². The SMILES string of the molecule is C/C(=N\Nc1ncnc2cc(-c3ccc(F)cc3)sc12)c1cccnc1. The predicted octanol–water partition coefficient (Wildman–Crippen LogP) is 4.73. The van der Waals surface area contributed by atoms with Crippen LogP contribution in [0.3, 0.4) is 0 Å². The smallest absolute Gasteiger partial charge is 0.167 e. The van der Waals surface area contributed by atoms with Gasteiger partial charge in [0.05, 0.1) is 15.9 Å². The number of fused-ring (bicyclic) bond motifs is 1. The van der Waals surface area contributed by atoms with Gasteiger partial charge in [0, 0.05) is 22.8 Å². The molecule has 0 aliphatic carbocycles. The van der Waals surface area contributed by atoms with Crippen LogP contribution in [0, 0.1) is 5.82 Å². The lowest BCUT2D eigenvalue weighted by molar-refractivity contribution is 0.628. The number of hydrogen-bond acceptors (Lipinski definition) is 6. The molecule has 0 saturated heterocycles. The standard InChI is InChI=1S/C19H14FN5S/c1-12(14-3-2-8-21-10-14)24-25-19-18-16(22-11-23-19)9-17(26-18)13-4-6-15(20)7-5-13/h2-11H,1H3,(H,22,23,25)/b24-12+. The summed E-state index contributed by atoms with van der Waals surface area (Å²) >= 11 is 1.54. The van der Waals surface area contributed by atoms with Crippen LogP contribution in [0.1, 0.15) is 12.5 Å². The minimum absolute atomic E-state index is 0.253. The maximum absolute atomic E-state index is 13.1. The van der Waals surface area contributed by atoms with Crippen molar-refractivity contribution < 1.29 is 4.39 Å². The molecule has 0 saturated carbocycles. The molecule has 0 fully saturated rings. The van der Waals surface area contributed by atoms with Crippen molar-refractivity contribution in [2.45, 2.75) is 6.92 Å². The molecule has 1 aromatic carbocycles. The van der Waals surface area contributed by atoms with E-state index in [4.69, 9.17) is 0 Å². The molecule has 0 amide bonds. The summed E-state index contributed by atoms with van der Waals surface area (Å²) in [5.74, 6) is 0.383. The van der Waals surface area contributed by atoms with Crippen molar-refractivity contribution in [3.8, 4) is 10.4 Å². The Morgan fingerprint density at radius 1 is 1.15 bits per heavy atom. The van der Waals surface area contributed by atoms with E-state index in [9.17, 15) is 4.39 Å². The van der Waals surface area contributed by atoms with Gasteiger partial charge < -0.3 is 0 Å². The van der Waals surface area contributed by atoms with Crippen LogP contribution in [0.2, 0.25) is 0 Å². The average Bonchev–Trinajstić information content (AvgIpc) is 3.12. The first kappa shape index (κ1) is 16.3. The second kappa shape index (κ2) is 6.97. The number of benzene rings is 1. The molecule has 1 N–H and O–H groups in total. The first-order valence-electron chi connectivity index (χ1n) is 7.92. The van der Waals surface area contributed by atoms with Crippen LogP contribution < -0.4 is 5.43 Å². The second-order valence-electron chi connectivity index (χ2n) is 5.60. The molecule has 0 spiro atoms. The number of hydrazone groups is 1. The molecule has 3 heterocycles. The zero-order chi connectivity index (χ0) is 17.9. The van der Waals surface area contributed by atoms with E-state index in [1.165, 1.54) is 29.8 Å². The van der Waals surface area contributed by atoms with Gasteiger partial charge in [-0.1, -0.05) is 18.2 Å². The Hall–Kier alpha value is -3.19. The number of thiophene rings is 1. The van der Waals surface area contributed by atoms with Gasteiger partial charge in [-0.15, -0.1) is 11.3 Å². The lowest BCUT2D eigenvalue weighted by Crippen LogP contribution is -2.01. The van der Waals surface area contributed by atoms with Crippen LogP contribution in [0.4, 0.5) is 10.2 Å². The number of halogens is 1. The molecule has 4 rings (SSSR count). The molecule has 7 heteroatoms. The molecular formula is C19H14FN5S. The predicted molar refractivity (Wildman–Crippen MR) is 103 cm³/mol. The zero-order valence-corrected chi connectivity index (χ0v) is 14.7. The second-order valence-corrected chi connectivity index (χ2v) is 6.66. The fourth-order valence-electron chi connectivity index (χ4n) is 2.47. The Bertz CT molecular complexity index is 1070. The molecule has 5 nitrogen and oxygen atoms in total. The van der Waals surface area contributed by atoms with E-state index in [2.05, 4.69) is 25.5 Å². The van der Waals surface area contributed by atoms with Gasteiger partial charge in [-0.25, -0.2) is 14.4 Å². The summed E-state index contributed by atoms with van der Waals surface area (Å²) in [7, 11) is 0. The van der Waals surface area contributed by atoms with Crippen molar-refractivity contribution in [3.05, 3.63) is 72.6 Å². The van der Waals surface area contributed by atoms with Crippen molar-refractivity contribution in [2.75, 3.05) is 5.43 Å². The Labute approximate surface area is 153 Å². The molecule has 0 atom stereocenters.